The fourth-order valence-electron chi connectivity index (χ4n) is 6.86. The molecule has 1 aromatic carbocycles. The molecule has 48 heavy (non-hydrogen) atoms. The van der Waals surface area contributed by atoms with Crippen molar-refractivity contribution in [3.63, 3.8) is 0 Å². The van der Waals surface area contributed by atoms with E-state index in [1.807, 2.05) is 33.8 Å². The van der Waals surface area contributed by atoms with E-state index in [1.165, 1.54) is 11.3 Å². The van der Waals surface area contributed by atoms with Gasteiger partial charge in [0.15, 0.2) is 5.60 Å². The normalized spacial score (nSPS) is 24.0. The van der Waals surface area contributed by atoms with Crippen molar-refractivity contribution < 1.29 is 33.9 Å². The lowest BCUT2D eigenvalue weighted by molar-refractivity contribution is -0.144. The summed E-state index contributed by atoms with van der Waals surface area (Å²) in [5.41, 5.74) is -0.314. The minimum atomic E-state index is -1.43. The topological polar surface area (TPSA) is 159 Å². The molecule has 2 saturated carbocycles. The second-order valence-corrected chi connectivity index (χ2v) is 15.3. The van der Waals surface area contributed by atoms with Crippen molar-refractivity contribution in [1.82, 2.24) is 20.9 Å². The lowest BCUT2D eigenvalue weighted by atomic mass is 9.84. The van der Waals surface area contributed by atoms with Crippen LogP contribution in [0.25, 0.3) is 0 Å². The van der Waals surface area contributed by atoms with Crippen molar-refractivity contribution in [2.45, 2.75) is 122 Å². The predicted octanol–water partition coefficient (Wildman–Crippen LogP) is 3.46. The Hall–Kier alpha value is -3.38. The summed E-state index contributed by atoms with van der Waals surface area (Å²) >= 11 is 6.45. The minimum Gasteiger partial charge on any atom is -0.492 e. The summed E-state index contributed by atoms with van der Waals surface area (Å²) in [6, 6.07) is 3.53. The molecule has 4 N–H and O–H groups in total. The summed E-state index contributed by atoms with van der Waals surface area (Å²) < 4.78 is 5.56. The number of benzene rings is 1. The molecule has 4 amide bonds. The Morgan fingerprint density at radius 2 is 1.88 bits per heavy atom. The number of halogens is 1. The summed E-state index contributed by atoms with van der Waals surface area (Å²) in [7, 11) is 0. The molecule has 1 unspecified atom stereocenters. The smallest absolute Gasteiger partial charge is 0.250 e. The molecule has 264 valence electrons. The number of aliphatic hydroxyl groups is 1. The molecule has 4 aliphatic rings. The summed E-state index contributed by atoms with van der Waals surface area (Å²) in [6.45, 7) is 7.74. The maximum atomic E-state index is 14.4. The Balaban J connectivity index is 1.33. The van der Waals surface area contributed by atoms with E-state index in [4.69, 9.17) is 21.2 Å². The Kier molecular flexibility index (Phi) is 11.2. The highest BCUT2D eigenvalue weighted by molar-refractivity contribution is 6.32. The van der Waals surface area contributed by atoms with E-state index in [2.05, 4.69) is 21.1 Å². The minimum absolute atomic E-state index is 0.0531. The molecule has 12 nitrogen and oxygen atoms in total. The molecule has 1 aromatic rings. The largest absolute Gasteiger partial charge is 0.492 e. The van der Waals surface area contributed by atoms with Gasteiger partial charge in [0, 0.05) is 30.9 Å². The monoisotopic (exact) mass is 687 g/mol. The number of likely N-dealkylation sites (tertiary alicyclic amines) is 1. The van der Waals surface area contributed by atoms with Gasteiger partial charge in [0.1, 0.15) is 23.9 Å². The van der Waals surface area contributed by atoms with Crippen LogP contribution in [-0.4, -0.2) is 88.9 Å². The van der Waals surface area contributed by atoms with Crippen LogP contribution in [0, 0.1) is 11.3 Å². The zero-order chi connectivity index (χ0) is 34.6. The standard InChI is InChI=1S/C35H50ClN5O7/c1-5-47-28-14-11-22(16-24(28)36)25-17-35(48-40-25)18-26(31(44)37-19-27(42)32(45)38-23-12-13-23)41(20-35)33(46)30(34(2,3)4)39-29(43)15-21-9-7-6-8-10-21/h11,14,16,21,23,26-27,30,42H,5-10,12-13,15,17-20H2,1-4H3,(H,37,44)(H,38,45)(H,39,43)/t26-,27?,30+,35+/m0/s1. The molecule has 0 aromatic heterocycles. The third-order valence-electron chi connectivity index (χ3n) is 9.70. The number of nitrogens with one attached hydrogen (secondary N) is 3. The molecule has 1 spiro atoms. The van der Waals surface area contributed by atoms with Crippen molar-refractivity contribution in [3.05, 3.63) is 28.8 Å². The predicted molar refractivity (Wildman–Crippen MR) is 180 cm³/mol. The molecule has 2 aliphatic carbocycles. The molecule has 4 atom stereocenters. The maximum absolute atomic E-state index is 14.4. The van der Waals surface area contributed by atoms with Crippen molar-refractivity contribution >= 4 is 40.9 Å². The van der Waals surface area contributed by atoms with Crippen LogP contribution >= 0.6 is 11.6 Å². The van der Waals surface area contributed by atoms with Gasteiger partial charge in [-0.15, -0.1) is 0 Å². The fraction of sp³-hybridized carbons (Fsp3) is 0.686. The van der Waals surface area contributed by atoms with Crippen LogP contribution in [-0.2, 0) is 24.0 Å². The third-order valence-corrected chi connectivity index (χ3v) is 10.00. The van der Waals surface area contributed by atoms with Gasteiger partial charge in [0.05, 0.1) is 30.4 Å². The van der Waals surface area contributed by atoms with E-state index in [0.717, 1.165) is 44.1 Å². The van der Waals surface area contributed by atoms with E-state index in [-0.39, 0.29) is 31.5 Å². The Morgan fingerprint density at radius 3 is 2.52 bits per heavy atom. The van der Waals surface area contributed by atoms with Crippen molar-refractivity contribution in [2.24, 2.45) is 16.5 Å². The van der Waals surface area contributed by atoms with Gasteiger partial charge in [0.25, 0.3) is 5.91 Å². The molecule has 3 fully saturated rings. The molecular formula is C35H50ClN5O7. The third kappa shape index (κ3) is 8.80. The van der Waals surface area contributed by atoms with Crippen molar-refractivity contribution in [3.8, 4) is 5.75 Å². The van der Waals surface area contributed by atoms with E-state index in [0.29, 0.717) is 41.9 Å². The maximum Gasteiger partial charge on any atom is 0.250 e. The van der Waals surface area contributed by atoms with Crippen LogP contribution in [0.5, 0.6) is 5.75 Å². The molecule has 0 bridgehead atoms. The highest BCUT2D eigenvalue weighted by atomic mass is 35.5. The quantitative estimate of drug-likeness (QED) is 0.262. The van der Waals surface area contributed by atoms with Gasteiger partial charge in [-0.25, -0.2) is 0 Å². The highest BCUT2D eigenvalue weighted by Gasteiger charge is 2.55. The first-order valence-electron chi connectivity index (χ1n) is 17.3. The van der Waals surface area contributed by atoms with Gasteiger partial charge >= 0.3 is 0 Å². The number of carbonyl (C=O) groups excluding carboxylic acids is 4. The van der Waals surface area contributed by atoms with Crippen molar-refractivity contribution in [1.29, 1.82) is 0 Å². The molecule has 0 radical (unpaired) electrons. The lowest BCUT2D eigenvalue weighted by Gasteiger charge is -2.36. The van der Waals surface area contributed by atoms with Gasteiger partial charge in [0.2, 0.25) is 17.7 Å². The van der Waals surface area contributed by atoms with Crippen LogP contribution in [0.2, 0.25) is 5.02 Å². The zero-order valence-electron chi connectivity index (χ0n) is 28.5. The van der Waals surface area contributed by atoms with Crippen LogP contribution in [0.15, 0.2) is 23.4 Å². The number of carbonyl (C=O) groups is 4. The van der Waals surface area contributed by atoms with E-state index < -0.39 is 46.9 Å². The lowest BCUT2D eigenvalue weighted by Crippen LogP contribution is -2.58. The van der Waals surface area contributed by atoms with Crippen LogP contribution in [0.3, 0.4) is 0 Å². The molecule has 5 rings (SSSR count). The van der Waals surface area contributed by atoms with Crippen LogP contribution < -0.4 is 20.7 Å². The summed E-state index contributed by atoms with van der Waals surface area (Å²) in [5.74, 6) is -0.799. The van der Waals surface area contributed by atoms with E-state index in [9.17, 15) is 24.3 Å². The van der Waals surface area contributed by atoms with Crippen LogP contribution in [0.1, 0.15) is 97.5 Å². The van der Waals surface area contributed by atoms with Gasteiger partial charge in [-0.2, -0.15) is 0 Å². The highest BCUT2D eigenvalue weighted by Crippen LogP contribution is 2.41. The zero-order valence-corrected chi connectivity index (χ0v) is 29.2. The SMILES string of the molecule is CCOc1ccc(C2=NO[C@]3(C2)C[C@@H](C(=O)NCC(O)C(=O)NC2CC2)N(C(=O)[C@@H](NC(=O)CC2CCCCC2)C(C)(C)C)C3)cc1Cl. The number of rotatable bonds is 12. The van der Waals surface area contributed by atoms with Gasteiger partial charge < -0.3 is 35.5 Å². The number of aliphatic hydroxyl groups excluding tert-OH is 1. The molecular weight excluding hydrogens is 638 g/mol. The second kappa shape index (κ2) is 15.0. The van der Waals surface area contributed by atoms with Gasteiger partial charge in [-0.1, -0.05) is 56.8 Å². The molecule has 2 aliphatic heterocycles. The summed E-state index contributed by atoms with van der Waals surface area (Å²) in [4.78, 5) is 61.3. The average molecular weight is 688 g/mol. The number of oxime groups is 1. The number of nitrogens with zero attached hydrogens (tertiary/aromatic N) is 2. The molecule has 2 heterocycles. The Morgan fingerprint density at radius 1 is 1.15 bits per heavy atom. The Labute approximate surface area is 287 Å². The fourth-order valence-corrected chi connectivity index (χ4v) is 7.09. The molecule has 13 heteroatoms. The van der Waals surface area contributed by atoms with Crippen molar-refractivity contribution in [2.75, 3.05) is 19.7 Å². The average Bonchev–Trinajstić information content (AvgIpc) is 3.64. The number of hydrogen-bond donors (Lipinski definition) is 4. The van der Waals surface area contributed by atoms with E-state index in [1.54, 1.807) is 12.1 Å². The number of amides is 4. The first-order chi connectivity index (χ1) is 22.8. The number of ether oxygens (including phenoxy) is 1. The number of hydrogen-bond acceptors (Lipinski definition) is 8. The first kappa shape index (κ1) is 35.9. The molecule has 1 saturated heterocycles. The first-order valence-corrected chi connectivity index (χ1v) is 17.7. The summed E-state index contributed by atoms with van der Waals surface area (Å²) in [6.07, 6.45) is 6.50. The van der Waals surface area contributed by atoms with Gasteiger partial charge in [-0.3, -0.25) is 19.2 Å². The summed E-state index contributed by atoms with van der Waals surface area (Å²) in [5, 5.41) is 23.6. The Bertz CT molecular complexity index is 1400. The van der Waals surface area contributed by atoms with Crippen LogP contribution in [0.4, 0.5) is 0 Å². The van der Waals surface area contributed by atoms with Gasteiger partial charge in [-0.05, 0) is 62.1 Å². The second-order valence-electron chi connectivity index (χ2n) is 14.9. The van der Waals surface area contributed by atoms with E-state index >= 15 is 0 Å².